The maximum atomic E-state index is 8.19. The predicted octanol–water partition coefficient (Wildman–Crippen LogP) is 1.82. The van der Waals surface area contributed by atoms with Gasteiger partial charge in [-0.15, -0.1) is 0 Å². The highest BCUT2D eigenvalue weighted by atomic mass is 80.0. The normalized spacial score (nSPS) is 10.0. The van der Waals surface area contributed by atoms with Crippen LogP contribution in [0.25, 0.3) is 0 Å². The van der Waals surface area contributed by atoms with Crippen molar-refractivity contribution in [2.45, 2.75) is 2.14 Å². The molecule has 46 valence electrons. The Bertz CT molecular complexity index is 115. The zero-order valence-corrected chi connectivity index (χ0v) is 8.55. The van der Waals surface area contributed by atoms with Crippen molar-refractivity contribution in [1.29, 1.82) is 0 Å². The summed E-state index contributed by atoms with van der Waals surface area (Å²) >= 11 is 9.38. The largest absolute Gasteiger partial charge is 0.384 e. The van der Waals surface area contributed by atoms with Crippen molar-refractivity contribution < 1.29 is 5.11 Å². The molecule has 1 N–H and O–H groups in total. The van der Waals surface area contributed by atoms with E-state index in [2.05, 4.69) is 59.6 Å². The molecule has 8 heavy (non-hydrogen) atoms. The first-order valence-corrected chi connectivity index (χ1v) is 4.12. The van der Waals surface area contributed by atoms with Crippen molar-refractivity contribution in [3.05, 3.63) is 0 Å². The first-order valence-electron chi connectivity index (χ1n) is 1.74. The number of aliphatic hydroxyl groups is 1. The van der Waals surface area contributed by atoms with Crippen LogP contribution in [0.1, 0.15) is 0 Å². The van der Waals surface area contributed by atoms with Gasteiger partial charge in [-0.25, -0.2) is 0 Å². The molecule has 0 aromatic rings. The second kappa shape index (κ2) is 3.89. The lowest BCUT2D eigenvalue weighted by molar-refractivity contribution is 0.350. The molecule has 0 atom stereocenters. The van der Waals surface area contributed by atoms with Crippen molar-refractivity contribution >= 4 is 47.8 Å². The highest BCUT2D eigenvalue weighted by molar-refractivity contribution is 9.39. The van der Waals surface area contributed by atoms with Crippen LogP contribution in [-0.4, -0.2) is 13.9 Å². The predicted molar refractivity (Wildman–Crippen MR) is 44.4 cm³/mol. The third-order valence-electron chi connectivity index (χ3n) is 0.309. The fourth-order valence-electron chi connectivity index (χ4n) is 0.140. The van der Waals surface area contributed by atoms with Gasteiger partial charge in [0.25, 0.3) is 0 Å². The van der Waals surface area contributed by atoms with Crippen LogP contribution < -0.4 is 0 Å². The number of alkyl halides is 3. The highest BCUT2D eigenvalue weighted by Gasteiger charge is 2.11. The third kappa shape index (κ3) is 6.96. The van der Waals surface area contributed by atoms with Crippen LogP contribution in [0.5, 0.6) is 0 Å². The Hall–Kier alpha value is 0.960. The number of rotatable bonds is 0. The number of halogens is 3. The summed E-state index contributed by atoms with van der Waals surface area (Å²) in [4.78, 5) is 0. The molecule has 0 heterocycles. The fourth-order valence-corrected chi connectivity index (χ4v) is 0.560. The lowest BCUT2D eigenvalue weighted by atomic mass is 10.6. The van der Waals surface area contributed by atoms with Gasteiger partial charge < -0.3 is 5.11 Å². The Morgan fingerprint density at radius 2 is 1.88 bits per heavy atom. The van der Waals surface area contributed by atoms with Gasteiger partial charge in [-0.2, -0.15) is 0 Å². The van der Waals surface area contributed by atoms with Crippen LogP contribution in [0.2, 0.25) is 0 Å². The summed E-state index contributed by atoms with van der Waals surface area (Å²) in [7, 11) is 0. The quantitative estimate of drug-likeness (QED) is 0.535. The Morgan fingerprint density at radius 3 is 2.00 bits per heavy atom. The maximum Gasteiger partial charge on any atom is 0.194 e. The van der Waals surface area contributed by atoms with Crippen LogP contribution in [-0.2, 0) is 0 Å². The number of hydrogen-bond acceptors (Lipinski definition) is 1. The van der Waals surface area contributed by atoms with Crippen LogP contribution in [0.15, 0.2) is 0 Å². The summed E-state index contributed by atoms with van der Waals surface area (Å²) in [5.41, 5.74) is 0. The molecule has 4 heteroatoms. The van der Waals surface area contributed by atoms with Crippen LogP contribution >= 0.6 is 47.8 Å². The topological polar surface area (TPSA) is 20.2 Å². The van der Waals surface area contributed by atoms with E-state index in [1.807, 2.05) is 0 Å². The summed E-state index contributed by atoms with van der Waals surface area (Å²) in [6.45, 7) is -0.120. The smallest absolute Gasteiger partial charge is 0.194 e. The van der Waals surface area contributed by atoms with E-state index in [1.54, 1.807) is 0 Å². The molecule has 0 saturated carbocycles. The van der Waals surface area contributed by atoms with Crippen molar-refractivity contribution in [2.24, 2.45) is 0 Å². The molecule has 0 rings (SSSR count). The van der Waals surface area contributed by atoms with Gasteiger partial charge in [0.1, 0.15) is 6.61 Å². The fraction of sp³-hybridized carbons (Fsp3) is 0.500. The SMILES string of the molecule is OCC#CC(Br)(Br)Br. The van der Waals surface area contributed by atoms with Gasteiger partial charge in [0.15, 0.2) is 2.14 Å². The molecule has 0 aromatic carbocycles. The van der Waals surface area contributed by atoms with Gasteiger partial charge in [0.2, 0.25) is 0 Å². The van der Waals surface area contributed by atoms with E-state index >= 15 is 0 Å². The molecule has 0 saturated heterocycles. The van der Waals surface area contributed by atoms with Crippen molar-refractivity contribution in [2.75, 3.05) is 6.61 Å². The van der Waals surface area contributed by atoms with E-state index < -0.39 is 2.14 Å². The molecule has 0 radical (unpaired) electrons. The Kier molecular flexibility index (Phi) is 4.35. The molecule has 0 fully saturated rings. The van der Waals surface area contributed by atoms with Gasteiger partial charge in [-0.3, -0.25) is 0 Å². The average molecular weight is 307 g/mol. The lowest BCUT2D eigenvalue weighted by Gasteiger charge is -1.97. The van der Waals surface area contributed by atoms with E-state index in [4.69, 9.17) is 5.11 Å². The minimum Gasteiger partial charge on any atom is -0.384 e. The maximum absolute atomic E-state index is 8.19. The molecule has 0 unspecified atom stereocenters. The second-order valence-corrected chi connectivity index (χ2v) is 7.72. The van der Waals surface area contributed by atoms with Gasteiger partial charge in [-0.1, -0.05) is 11.8 Å². The average Bonchev–Trinajstić information content (AvgIpc) is 1.59. The van der Waals surface area contributed by atoms with Crippen molar-refractivity contribution in [1.82, 2.24) is 0 Å². The first kappa shape index (κ1) is 8.96. The Morgan fingerprint density at radius 1 is 1.38 bits per heavy atom. The van der Waals surface area contributed by atoms with Gasteiger partial charge in [-0.05, 0) is 47.8 Å². The Balaban J connectivity index is 3.69. The standard InChI is InChI=1S/C4H3Br3O/c5-4(6,7)2-1-3-8/h8H,3H2. The zero-order valence-electron chi connectivity index (χ0n) is 3.79. The Labute approximate surface area is 73.2 Å². The molecule has 0 amide bonds. The number of aliphatic hydroxyl groups excluding tert-OH is 1. The van der Waals surface area contributed by atoms with Crippen LogP contribution in [0, 0.1) is 11.8 Å². The van der Waals surface area contributed by atoms with Crippen LogP contribution in [0.4, 0.5) is 0 Å². The third-order valence-corrected chi connectivity index (χ3v) is 0.904. The molecule has 0 aliphatic carbocycles. The summed E-state index contributed by atoms with van der Waals surface area (Å²) < 4.78 is -0.532. The lowest BCUT2D eigenvalue weighted by Crippen LogP contribution is -1.92. The van der Waals surface area contributed by atoms with E-state index in [-0.39, 0.29) is 6.61 Å². The molecule has 0 aliphatic heterocycles. The van der Waals surface area contributed by atoms with Gasteiger partial charge in [0.05, 0.1) is 0 Å². The first-order chi connectivity index (χ1) is 3.56. The molecule has 0 aromatic heterocycles. The van der Waals surface area contributed by atoms with E-state index in [1.165, 1.54) is 0 Å². The highest BCUT2D eigenvalue weighted by Crippen LogP contribution is 2.31. The van der Waals surface area contributed by atoms with E-state index in [0.29, 0.717) is 0 Å². The molecule has 0 spiro atoms. The summed E-state index contributed by atoms with van der Waals surface area (Å²) in [5.74, 6) is 5.07. The van der Waals surface area contributed by atoms with Crippen molar-refractivity contribution in [3.8, 4) is 11.8 Å². The van der Waals surface area contributed by atoms with E-state index in [0.717, 1.165) is 0 Å². The molecular formula is C4H3Br3O. The summed E-state index contributed by atoms with van der Waals surface area (Å²) in [6, 6.07) is 0. The zero-order chi connectivity index (χ0) is 6.62. The minimum absolute atomic E-state index is 0.120. The molecule has 1 nitrogen and oxygen atoms in total. The second-order valence-electron chi connectivity index (χ2n) is 0.958. The molecular weight excluding hydrogens is 304 g/mol. The number of hydrogen-bond donors (Lipinski definition) is 1. The molecule has 0 aliphatic rings. The minimum atomic E-state index is -0.532. The van der Waals surface area contributed by atoms with E-state index in [9.17, 15) is 0 Å². The monoisotopic (exact) mass is 304 g/mol. The van der Waals surface area contributed by atoms with Gasteiger partial charge >= 0.3 is 0 Å². The van der Waals surface area contributed by atoms with Gasteiger partial charge in [0, 0.05) is 0 Å². The molecule has 0 bridgehead atoms. The van der Waals surface area contributed by atoms with Crippen molar-refractivity contribution in [3.63, 3.8) is 0 Å². The van der Waals surface area contributed by atoms with Crippen LogP contribution in [0.3, 0.4) is 0 Å². The summed E-state index contributed by atoms with van der Waals surface area (Å²) in [5, 5.41) is 8.19. The summed E-state index contributed by atoms with van der Waals surface area (Å²) in [6.07, 6.45) is 0.